The van der Waals surface area contributed by atoms with Crippen LogP contribution in [0.1, 0.15) is 0 Å². The van der Waals surface area contributed by atoms with Gasteiger partial charge in [0.05, 0.1) is 0 Å². The summed E-state index contributed by atoms with van der Waals surface area (Å²) in [5.74, 6) is 0. The molecule has 0 aliphatic carbocycles. The van der Waals surface area contributed by atoms with Crippen LogP contribution in [-0.4, -0.2) is 751 Å². The Kier molecular flexibility index (Phi) is 72800. The molecule has 0 fully saturated rings. The van der Waals surface area contributed by atoms with Crippen molar-refractivity contribution in [1.29, 1.82) is 0 Å². The molecule has 90 heteroatoms. The van der Waals surface area contributed by atoms with Gasteiger partial charge >= 0.3 is 0 Å². The number of hydrogen-bond donors (Lipinski definition) is 0. The molecule has 2 atom stereocenters. The van der Waals surface area contributed by atoms with Crippen molar-refractivity contribution in [3.05, 3.63) is 0 Å². The van der Waals surface area contributed by atoms with E-state index in [0.717, 1.165) is 0 Å². The van der Waals surface area contributed by atoms with Gasteiger partial charge in [0.2, 0.25) is 0 Å². The van der Waals surface area contributed by atoms with Gasteiger partial charge in [-0.25, -0.2) is 0 Å². The van der Waals surface area contributed by atoms with Gasteiger partial charge in [0.15, 0.2) is 0 Å². The Morgan fingerprint density at radius 2 is 0.0556 bits per heavy atom. The summed E-state index contributed by atoms with van der Waals surface area (Å²) in [6.07, 6.45) is 0. The molecule has 0 aromatic heterocycles. The average molecular weight is 4410 g/mol. The van der Waals surface area contributed by atoms with Crippen LogP contribution in [0.4, 0.5) is 0 Å². The minimum atomic E-state index is 0. The van der Waals surface area contributed by atoms with E-state index in [9.17, 15) is 0 Å². The van der Waals surface area contributed by atoms with Gasteiger partial charge in [-0.3, -0.25) is 0 Å². The first-order chi connectivity index (χ1) is 0. The van der Waals surface area contributed by atoms with Crippen LogP contribution in [0.2, 0.25) is 0 Å². The molecule has 0 aliphatic rings. The Labute approximate surface area is 1110 Å². The van der Waals surface area contributed by atoms with E-state index in [1.807, 2.05) is 0 Å². The SMILES string of the molecule is O.O.O.O.O.O.O.O.O.O.O.O.O.O.O.O.O.O.O.O.O.O.O.O.O.O.O.O.O.O.O.O.O.O.O.O.O.O.O.O.O.O.O.O.O.O.O.O.O.O.O.O.O.O.O.O.O.O.O.O.O.O.P.P.[K].[K].[K].[K].[K].[K].[K].[K].[V].[V].[V].[W].[W].[W].[W].[W].[W].[W].[W].[W].[W].[W].[W].[W].[W].[W]. The maximum atomic E-state index is 0. The van der Waals surface area contributed by atoms with E-state index >= 15 is 0 Å². The van der Waals surface area contributed by atoms with Gasteiger partial charge in [-0.2, -0.15) is 19.8 Å². The van der Waals surface area contributed by atoms with Gasteiger partial charge in [0.25, 0.3) is 0 Å². The summed E-state index contributed by atoms with van der Waals surface area (Å²) >= 11 is 0. The molecule has 0 saturated heterocycles. The van der Waals surface area contributed by atoms with Crippen LogP contribution in [0.15, 0.2) is 0 Å². The van der Waals surface area contributed by atoms with Gasteiger partial charge < -0.3 is 340 Å². The Balaban J connectivity index is 0. The predicted molar refractivity (Wildman–Crippen MR) is 292 cm³/mol. The van der Waals surface area contributed by atoms with Gasteiger partial charge in [0.1, 0.15) is 0 Å². The normalized spacial score (nSPS) is 0. The van der Waals surface area contributed by atoms with Crippen molar-refractivity contribution in [2.75, 3.05) is 0 Å². The molecule has 124 N–H and O–H groups in total. The molecule has 0 heterocycles. The molecule has 0 aliphatic heterocycles. The largest absolute Gasteiger partial charge is 0.412 e. The van der Waals surface area contributed by atoms with Crippen molar-refractivity contribution in [2.24, 2.45) is 0 Å². The maximum Gasteiger partial charge on any atom is 0 e. The zero-order chi connectivity index (χ0) is 0. The average Bonchev–Trinajstić information content (AvgIpc) is 0. The molecule has 0 saturated carbocycles. The first kappa shape index (κ1) is 2590. The third kappa shape index (κ3) is 2460. The summed E-state index contributed by atoms with van der Waals surface area (Å²) in [4.78, 5) is 0. The molecule has 90 heavy (non-hydrogen) atoms. The van der Waals surface area contributed by atoms with Crippen molar-refractivity contribution in [3.8, 4) is 0 Å². The zero-order valence-electron chi connectivity index (χ0n) is 47.9. The van der Waals surface area contributed by atoms with Gasteiger partial charge in [0, 0.05) is 783 Å². The predicted octanol–water partition coefficient (Wildman–Crippen LogP) is -54.1. The number of rotatable bonds is 0. The fourth-order valence-corrected chi connectivity index (χ4v) is 0. The monoisotopic (exact) mass is 4410 g/mol. The molecule has 0 aromatic carbocycles. The third-order valence-corrected chi connectivity index (χ3v) is 0. The van der Waals surface area contributed by atoms with Crippen molar-refractivity contribution in [1.82, 2.24) is 0 Å². The second kappa shape index (κ2) is 2530. The van der Waals surface area contributed by atoms with Crippen LogP contribution in [0.3, 0.4) is 0 Å². The molecular weight excluding hydrogens is 4280 g/mol. The molecule has 625 valence electrons. The zero-order valence-corrected chi connectivity index (χ0v) is 124. The molecule has 62 nitrogen and oxygen atoms in total. The van der Waals surface area contributed by atoms with Crippen molar-refractivity contribution in [2.45, 2.75) is 0 Å². The van der Waals surface area contributed by atoms with Crippen LogP contribution >= 0.6 is 19.8 Å². The molecule has 0 spiro atoms. The van der Waals surface area contributed by atoms with Crippen molar-refractivity contribution < 1.29 is 711 Å². The first-order valence-corrected chi connectivity index (χ1v) is 0. The second-order valence-electron chi connectivity index (χ2n) is 0. The molecule has 0 aromatic rings. The Bertz CT molecular complexity index is 126. The van der Waals surface area contributed by atoms with E-state index in [-0.39, 0.29) is 1140 Å². The summed E-state index contributed by atoms with van der Waals surface area (Å²) in [7, 11) is 0. The standard InChI is InChI=1S/8K.62H2O.2H3P.3V.15W/h;;;;;;;;62*1H2;2*1H3;;;;;;;;;;;;;;;;;;. The molecule has 0 amide bonds. The Hall–Kier alpha value is 23.5. The van der Waals surface area contributed by atoms with Crippen LogP contribution in [-0.2, 0) is 372 Å². The summed E-state index contributed by atoms with van der Waals surface area (Å²) in [5, 5.41) is 0. The minimum absolute atomic E-state index is 0. The summed E-state index contributed by atoms with van der Waals surface area (Å²) < 4.78 is 0. The van der Waals surface area contributed by atoms with Crippen molar-refractivity contribution >= 4 is 431 Å². The van der Waals surface area contributed by atoms with Crippen molar-refractivity contribution in [3.63, 3.8) is 0 Å². The van der Waals surface area contributed by atoms with E-state index in [1.165, 1.54) is 0 Å². The third-order valence-electron chi connectivity index (χ3n) is 0. The fraction of sp³-hybridized carbons (Fsp3) is 0. The van der Waals surface area contributed by atoms with E-state index in [1.54, 1.807) is 0 Å². The summed E-state index contributed by atoms with van der Waals surface area (Å²) in [6.45, 7) is 0. The van der Waals surface area contributed by atoms with Crippen LogP contribution in [0.25, 0.3) is 0 Å². The van der Waals surface area contributed by atoms with E-state index in [0.29, 0.717) is 0 Å². The maximum absolute atomic E-state index is 0. The summed E-state index contributed by atoms with van der Waals surface area (Å²) in [6, 6.07) is 0. The van der Waals surface area contributed by atoms with Crippen LogP contribution in [0, 0.1) is 0 Å². The molecule has 0 bridgehead atoms. The van der Waals surface area contributed by atoms with Crippen LogP contribution < -0.4 is 0 Å². The molecule has 0 rings (SSSR count). The van der Waals surface area contributed by atoms with Crippen LogP contribution in [0.5, 0.6) is 0 Å². The second-order valence-corrected chi connectivity index (χ2v) is 0. The van der Waals surface area contributed by atoms with E-state index in [2.05, 4.69) is 0 Å². The molecule has 11 radical (unpaired) electrons. The van der Waals surface area contributed by atoms with Gasteiger partial charge in [-0.15, -0.1) is 0 Å². The minimum Gasteiger partial charge on any atom is -0.412 e. The molecule has 2 unspecified atom stereocenters. The topological polar surface area (TPSA) is 1950 Å². The smallest absolute Gasteiger partial charge is 0 e. The Morgan fingerprint density at radius 3 is 0.0556 bits per heavy atom. The van der Waals surface area contributed by atoms with Gasteiger partial charge in [-0.1, -0.05) is 0 Å². The Morgan fingerprint density at radius 1 is 0.0556 bits per heavy atom. The fourth-order valence-electron chi connectivity index (χ4n) is 0. The van der Waals surface area contributed by atoms with Gasteiger partial charge in [-0.05, 0) is 0 Å². The van der Waals surface area contributed by atoms with E-state index in [4.69, 9.17) is 0 Å². The number of hydrogen-bond acceptors (Lipinski definition) is 0. The summed E-state index contributed by atoms with van der Waals surface area (Å²) in [5.41, 5.74) is 0. The molecular formula is H130K8O62P2V3W15. The first-order valence-electron chi connectivity index (χ1n) is 0. The van der Waals surface area contributed by atoms with E-state index < -0.39 is 0 Å². The quantitative estimate of drug-likeness (QED) is 0.161.